The van der Waals surface area contributed by atoms with Gasteiger partial charge >= 0.3 is 12.1 Å². The van der Waals surface area contributed by atoms with Gasteiger partial charge < -0.3 is 96.2 Å². The smallest absolute Gasteiger partial charge is 0.407 e. The lowest BCUT2D eigenvalue weighted by Gasteiger charge is -2.59. The monoisotopic (exact) mass is 1530 g/mol. The number of para-hydroxylation sites is 1. The number of urea groups is 1. The molecule has 9 rings (SSSR count). The first-order chi connectivity index (χ1) is 52.8. The van der Waals surface area contributed by atoms with Crippen LogP contribution in [0.3, 0.4) is 0 Å². The van der Waals surface area contributed by atoms with Crippen molar-refractivity contribution in [3.8, 4) is 0 Å². The maximum Gasteiger partial charge on any atom is 0.407 e. The minimum absolute atomic E-state index is 0.0240. The number of nitrogens with zero attached hydrogens (tertiary/aromatic N) is 1. The molecule has 0 aromatic heterocycles. The molecule has 0 bridgehead atoms. The Morgan fingerprint density at radius 2 is 1.42 bits per heavy atom. The van der Waals surface area contributed by atoms with E-state index in [9.17, 15) is 57.8 Å². The first-order valence-corrected chi connectivity index (χ1v) is 38.1. The zero-order valence-corrected chi connectivity index (χ0v) is 63.8. The van der Waals surface area contributed by atoms with Crippen LogP contribution in [0.25, 0.3) is 11.6 Å². The first-order valence-electron chi connectivity index (χ1n) is 38.1. The van der Waals surface area contributed by atoms with Crippen LogP contribution in [0, 0.1) is 34.5 Å². The number of hydrogen-bond acceptors (Lipinski definition) is 20. The number of alkyl carbamates (subject to hydrolysis) is 1. The summed E-state index contributed by atoms with van der Waals surface area (Å²) in [6, 6.07) is 19.1. The maximum atomic E-state index is 14.5. The molecule has 3 aromatic carbocycles. The summed E-state index contributed by atoms with van der Waals surface area (Å²) in [4.78, 5) is 145. The van der Waals surface area contributed by atoms with Gasteiger partial charge in [-0.3, -0.25) is 43.2 Å². The zero-order chi connectivity index (χ0) is 79.0. The second-order valence-corrected chi connectivity index (χ2v) is 29.4. The Hall–Kier alpha value is -9.27. The molecule has 598 valence electrons. The number of hydrogen-bond donors (Lipinski definition) is 10. The van der Waals surface area contributed by atoms with Crippen molar-refractivity contribution in [1.29, 1.82) is 0 Å². The molecule has 3 aromatic rings. The van der Waals surface area contributed by atoms with E-state index in [1.54, 1.807) is 55.2 Å². The number of amides is 10. The van der Waals surface area contributed by atoms with Gasteiger partial charge in [0.05, 0.1) is 83.8 Å². The van der Waals surface area contributed by atoms with Crippen molar-refractivity contribution in [2.75, 3.05) is 103 Å². The van der Waals surface area contributed by atoms with Gasteiger partial charge in [-0.2, -0.15) is 0 Å². The van der Waals surface area contributed by atoms with Crippen LogP contribution in [0.5, 0.6) is 0 Å². The molecule has 3 saturated carbocycles. The van der Waals surface area contributed by atoms with Gasteiger partial charge in [-0.15, -0.1) is 0 Å². The third kappa shape index (κ3) is 22.3. The molecule has 10 amide bonds. The van der Waals surface area contributed by atoms with Crippen LogP contribution in [0.15, 0.2) is 96.6 Å². The standard InChI is InChI=1S/C80H108N10O20/c1-7-13-71-109-65-42-60-59-24-21-55-41-57(91)27-29-78(55,5)72(59)63(92)43-79(60,6)80(65,110-71)64(93)48-107-49-86-69(97)44-84-68(96)45-85-77(102)108-47-52-19-22-56(23-20-52)87-74(99)61(17-12-30-83-76(81)101)88-75(100)73(50(2)3)89-67(95)28-32-103-34-36-105-38-39-106-37-35-104-33-31-82-66(94)25-26-70(98)90-46-54-15-8-10-16-58(54)51(4)40-53-14-9-11-18-62(53)90/h8-11,14-16,18-20,22-23,27,29,40-41,50,59-61,63,65,71-73,92H,7,12-13,17,21,24-26,28,30-39,42-49H2,1-6H3,(H,82,94)(H,84,96)(H,85,102)(H,86,97)(H,87,99)(H,88,100)(H,89,95)(H3,81,83,101)/b51-40-/t59-,60-,61-,63-,65+,71?,72+,73-,78-,79-,80+/m0/s1. The van der Waals surface area contributed by atoms with E-state index in [1.807, 2.05) is 62.4 Å². The molecule has 0 radical (unpaired) electrons. The molecular formula is C80H108N10O20. The Labute approximate surface area is 641 Å². The van der Waals surface area contributed by atoms with Gasteiger partial charge in [-0.25, -0.2) is 9.59 Å². The van der Waals surface area contributed by atoms with Gasteiger partial charge in [0.2, 0.25) is 41.4 Å². The molecular weight excluding hydrogens is 1420 g/mol. The normalized spacial score (nSPS) is 23.7. The van der Waals surface area contributed by atoms with Crippen LogP contribution >= 0.6 is 0 Å². The van der Waals surface area contributed by atoms with Crippen LogP contribution in [-0.2, 0) is 94.2 Å². The molecule has 0 spiro atoms. The molecule has 30 nitrogen and oxygen atoms in total. The third-order valence-corrected chi connectivity index (χ3v) is 21.5. The van der Waals surface area contributed by atoms with E-state index >= 15 is 0 Å². The quantitative estimate of drug-likeness (QED) is 0.0253. The predicted molar refractivity (Wildman–Crippen MR) is 404 cm³/mol. The van der Waals surface area contributed by atoms with E-state index in [2.05, 4.69) is 68.5 Å². The Morgan fingerprint density at radius 3 is 2.15 bits per heavy atom. The van der Waals surface area contributed by atoms with Crippen molar-refractivity contribution in [3.63, 3.8) is 0 Å². The van der Waals surface area contributed by atoms with Crippen LogP contribution in [-0.4, -0.2) is 199 Å². The van der Waals surface area contributed by atoms with Crippen molar-refractivity contribution in [3.05, 3.63) is 119 Å². The molecule has 1 unspecified atom stereocenters. The van der Waals surface area contributed by atoms with Crippen molar-refractivity contribution in [2.24, 2.45) is 40.2 Å². The van der Waals surface area contributed by atoms with Gasteiger partial charge in [0.25, 0.3) is 0 Å². The summed E-state index contributed by atoms with van der Waals surface area (Å²) in [6.07, 6.45) is 8.39. The van der Waals surface area contributed by atoms with E-state index in [4.69, 9.17) is 43.6 Å². The number of anilines is 2. The Morgan fingerprint density at radius 1 is 0.727 bits per heavy atom. The highest BCUT2D eigenvalue weighted by atomic mass is 16.7. The van der Waals surface area contributed by atoms with E-state index < -0.39 is 114 Å². The lowest BCUT2D eigenvalue weighted by molar-refractivity contribution is -0.201. The SMILES string of the molecule is CCCC1O[C@@H]2C[C@H]3[C@@H]4CCC5=CC(=O)C=C[C@]5(C)[C@H]4[C@@H](O)C[C@]3(C)[C@]2(C(=O)COCNC(=O)CNC(=O)CNC(=O)OCc2ccc(NC(=O)[C@H](CCCNC(N)=O)NC(=O)[C@@H](NC(=O)CCOCCOCCOCCOCCNC(=O)CCC(=O)N3Cc4ccccc4/C(C)=C\c4ccccc43)C(C)C)cc2)O1. The van der Waals surface area contributed by atoms with E-state index in [1.165, 1.54) is 0 Å². The summed E-state index contributed by atoms with van der Waals surface area (Å²) >= 11 is 0. The van der Waals surface area contributed by atoms with Crippen LogP contribution in [0.2, 0.25) is 0 Å². The van der Waals surface area contributed by atoms with E-state index in [0.29, 0.717) is 56.9 Å². The molecule has 1 saturated heterocycles. The van der Waals surface area contributed by atoms with Gasteiger partial charge in [0.1, 0.15) is 38.6 Å². The molecule has 2 aliphatic heterocycles. The zero-order valence-electron chi connectivity index (χ0n) is 63.8. The predicted octanol–water partition coefficient (Wildman–Crippen LogP) is 5.33. The number of benzene rings is 3. The summed E-state index contributed by atoms with van der Waals surface area (Å²) in [6.45, 7) is 12.3. The minimum atomic E-state index is -1.40. The lowest BCUT2D eigenvalue weighted by atomic mass is 9.46. The molecule has 6 aliphatic rings. The molecule has 11 N–H and O–H groups in total. The summed E-state index contributed by atoms with van der Waals surface area (Å²) < 4.78 is 46.5. The highest BCUT2D eigenvalue weighted by Crippen LogP contribution is 2.70. The average molecular weight is 1530 g/mol. The number of aliphatic hydroxyl groups is 1. The average Bonchev–Trinajstić information content (AvgIpc) is 1.50. The number of ether oxygens (including phenoxy) is 8. The highest BCUT2D eigenvalue weighted by Gasteiger charge is 2.76. The van der Waals surface area contributed by atoms with Gasteiger partial charge in [-0.05, 0) is 134 Å². The van der Waals surface area contributed by atoms with E-state index in [-0.39, 0.29) is 139 Å². The minimum Gasteiger partial charge on any atom is -0.445 e. The van der Waals surface area contributed by atoms with Crippen molar-refractivity contribution in [1.82, 2.24) is 37.2 Å². The van der Waals surface area contributed by atoms with Crippen LogP contribution < -0.4 is 53.2 Å². The summed E-state index contributed by atoms with van der Waals surface area (Å²) in [5, 5.41) is 32.8. The van der Waals surface area contributed by atoms with Crippen molar-refractivity contribution >= 4 is 88.1 Å². The van der Waals surface area contributed by atoms with Crippen LogP contribution in [0.4, 0.5) is 21.0 Å². The van der Waals surface area contributed by atoms with Crippen LogP contribution in [0.1, 0.15) is 134 Å². The Kier molecular flexibility index (Phi) is 31.3. The number of carbonyl (C=O) groups is 11. The fourth-order valence-corrected chi connectivity index (χ4v) is 16.1. The second kappa shape index (κ2) is 40.6. The second-order valence-electron chi connectivity index (χ2n) is 29.4. The molecule has 30 heteroatoms. The number of nitrogens with one attached hydrogen (secondary N) is 8. The van der Waals surface area contributed by atoms with Gasteiger partial charge in [0.15, 0.2) is 23.5 Å². The first kappa shape index (κ1) is 84.7. The van der Waals surface area contributed by atoms with E-state index in [0.717, 1.165) is 46.4 Å². The number of fused-ring (bicyclic) bond motifs is 9. The Balaban J connectivity index is 0.600. The largest absolute Gasteiger partial charge is 0.445 e. The molecule has 11 atom stereocenters. The Bertz CT molecular complexity index is 3850. The fraction of sp³-hybridized carbons (Fsp3) is 0.562. The maximum absolute atomic E-state index is 14.5. The van der Waals surface area contributed by atoms with Gasteiger partial charge in [0, 0.05) is 54.8 Å². The lowest BCUT2D eigenvalue weighted by Crippen LogP contribution is -2.63. The van der Waals surface area contributed by atoms with Gasteiger partial charge in [-0.1, -0.05) is 107 Å². The molecule has 110 heavy (non-hydrogen) atoms. The van der Waals surface area contributed by atoms with Crippen molar-refractivity contribution in [2.45, 2.75) is 162 Å². The van der Waals surface area contributed by atoms with Crippen molar-refractivity contribution < 1.29 is 95.7 Å². The number of aliphatic hydroxyl groups excluding tert-OH is 1. The number of carbonyl (C=O) groups excluding carboxylic acids is 11. The molecule has 4 fully saturated rings. The number of rotatable bonds is 41. The number of ketones is 2. The molecule has 2 heterocycles. The highest BCUT2D eigenvalue weighted by molar-refractivity contribution is 6.02. The summed E-state index contributed by atoms with van der Waals surface area (Å²) in [7, 11) is 0. The number of allylic oxidation sites excluding steroid dienone is 5. The number of primary amides is 1. The topological polar surface area (TPSA) is 407 Å². The fourth-order valence-electron chi connectivity index (χ4n) is 16.1. The third-order valence-electron chi connectivity index (χ3n) is 21.5. The molecule has 4 aliphatic carbocycles. The number of Topliss-reactive ketones (excluding diaryl/α,β-unsaturated/α-hetero) is 1. The number of nitrogens with two attached hydrogens (primary N) is 1. The summed E-state index contributed by atoms with van der Waals surface area (Å²) in [5.74, 6) is -4.34. The summed E-state index contributed by atoms with van der Waals surface area (Å²) in [5.41, 5.74) is 9.38.